The van der Waals surface area contributed by atoms with Gasteiger partial charge in [-0.1, -0.05) is 48.1 Å². The molecular formula is C11H17ClOSi. The number of rotatable bonds is 4. The molecule has 3 heteroatoms. The van der Waals surface area contributed by atoms with E-state index in [0.717, 1.165) is 17.5 Å². The van der Waals surface area contributed by atoms with Crippen LogP contribution in [0.25, 0.3) is 0 Å². The maximum atomic E-state index is 8.82. The van der Waals surface area contributed by atoms with Gasteiger partial charge in [0.2, 0.25) is 0 Å². The summed E-state index contributed by atoms with van der Waals surface area (Å²) in [5.74, 6) is 0. The molecule has 0 amide bonds. The molecular weight excluding hydrogens is 212 g/mol. The second-order valence-corrected chi connectivity index (χ2v) is 9.50. The van der Waals surface area contributed by atoms with Crippen LogP contribution in [0.1, 0.15) is 6.42 Å². The quantitative estimate of drug-likeness (QED) is 0.786. The lowest BCUT2D eigenvalue weighted by Crippen LogP contribution is -2.41. The van der Waals surface area contributed by atoms with Gasteiger partial charge < -0.3 is 5.11 Å². The average molecular weight is 229 g/mol. The summed E-state index contributed by atoms with van der Waals surface area (Å²) in [6.07, 6.45) is 0.905. The number of hydrogen-bond donors (Lipinski definition) is 1. The van der Waals surface area contributed by atoms with Crippen molar-refractivity contribution in [1.29, 1.82) is 0 Å². The Hall–Kier alpha value is -0.313. The third kappa shape index (κ3) is 3.12. The molecule has 0 unspecified atom stereocenters. The summed E-state index contributed by atoms with van der Waals surface area (Å²) >= 11 is 5.84. The Morgan fingerprint density at radius 1 is 1.21 bits per heavy atom. The molecule has 1 aromatic carbocycles. The molecule has 1 rings (SSSR count). The van der Waals surface area contributed by atoms with Crippen LogP contribution < -0.4 is 5.19 Å². The number of aliphatic hydroxyl groups is 1. The van der Waals surface area contributed by atoms with E-state index in [4.69, 9.17) is 16.7 Å². The fraction of sp³-hybridized carbons (Fsp3) is 0.455. The van der Waals surface area contributed by atoms with E-state index in [-0.39, 0.29) is 0 Å². The van der Waals surface area contributed by atoms with Gasteiger partial charge in [0, 0.05) is 11.6 Å². The standard InChI is InChI=1S/C11H17ClOSi/c1-14(2,9-3-8-13)11-6-4-10(12)5-7-11/h4-7,13H,3,8-9H2,1-2H3. The summed E-state index contributed by atoms with van der Waals surface area (Å²) in [5, 5.41) is 11.0. The van der Waals surface area contributed by atoms with Gasteiger partial charge in [-0.2, -0.15) is 0 Å². The molecule has 1 aromatic rings. The van der Waals surface area contributed by atoms with Gasteiger partial charge in [-0.15, -0.1) is 0 Å². The maximum absolute atomic E-state index is 8.82. The topological polar surface area (TPSA) is 20.2 Å². The highest BCUT2D eigenvalue weighted by Crippen LogP contribution is 2.14. The van der Waals surface area contributed by atoms with E-state index in [1.165, 1.54) is 5.19 Å². The van der Waals surface area contributed by atoms with Crippen LogP contribution in [0.15, 0.2) is 24.3 Å². The van der Waals surface area contributed by atoms with Crippen LogP contribution in [-0.2, 0) is 0 Å². The molecule has 1 nitrogen and oxygen atoms in total. The minimum atomic E-state index is -1.34. The monoisotopic (exact) mass is 228 g/mol. The normalized spacial score (nSPS) is 11.7. The summed E-state index contributed by atoms with van der Waals surface area (Å²) in [5.41, 5.74) is 0. The zero-order chi connectivity index (χ0) is 10.6. The highest BCUT2D eigenvalue weighted by molar-refractivity contribution is 6.89. The average Bonchev–Trinajstić information content (AvgIpc) is 2.16. The Bertz CT molecular complexity index is 282. The summed E-state index contributed by atoms with van der Waals surface area (Å²) in [6, 6.07) is 9.26. The van der Waals surface area contributed by atoms with Crippen molar-refractivity contribution in [2.75, 3.05) is 6.61 Å². The molecule has 0 atom stereocenters. The third-order valence-corrected chi connectivity index (χ3v) is 6.34. The van der Waals surface area contributed by atoms with E-state index >= 15 is 0 Å². The largest absolute Gasteiger partial charge is 0.396 e. The van der Waals surface area contributed by atoms with Crippen LogP contribution >= 0.6 is 11.6 Å². The maximum Gasteiger partial charge on any atom is 0.0807 e. The Kier molecular flexibility index (Phi) is 4.17. The van der Waals surface area contributed by atoms with Crippen LogP contribution in [0.2, 0.25) is 24.2 Å². The van der Waals surface area contributed by atoms with E-state index in [0.29, 0.717) is 6.61 Å². The molecule has 0 bridgehead atoms. The second kappa shape index (κ2) is 4.96. The number of hydrogen-bond acceptors (Lipinski definition) is 1. The Morgan fingerprint density at radius 3 is 2.29 bits per heavy atom. The van der Waals surface area contributed by atoms with Gasteiger partial charge >= 0.3 is 0 Å². The number of halogens is 1. The van der Waals surface area contributed by atoms with E-state index in [2.05, 4.69) is 25.2 Å². The molecule has 14 heavy (non-hydrogen) atoms. The Morgan fingerprint density at radius 2 is 1.79 bits per heavy atom. The lowest BCUT2D eigenvalue weighted by Gasteiger charge is -2.22. The first-order chi connectivity index (χ1) is 6.56. The Labute approximate surface area is 91.7 Å². The van der Waals surface area contributed by atoms with E-state index in [1.54, 1.807) is 0 Å². The minimum Gasteiger partial charge on any atom is -0.396 e. The van der Waals surface area contributed by atoms with Gasteiger partial charge in [-0.25, -0.2) is 0 Å². The van der Waals surface area contributed by atoms with Crippen LogP contribution in [0.3, 0.4) is 0 Å². The number of benzene rings is 1. The summed E-state index contributed by atoms with van der Waals surface area (Å²) < 4.78 is 0. The summed E-state index contributed by atoms with van der Waals surface area (Å²) in [6.45, 7) is 4.95. The highest BCUT2D eigenvalue weighted by Gasteiger charge is 2.22. The molecule has 0 aliphatic rings. The van der Waals surface area contributed by atoms with Crippen LogP contribution in [0.5, 0.6) is 0 Å². The van der Waals surface area contributed by atoms with Gasteiger partial charge in [0.15, 0.2) is 0 Å². The molecule has 0 radical (unpaired) electrons. The van der Waals surface area contributed by atoms with E-state index in [1.807, 2.05) is 12.1 Å². The number of aliphatic hydroxyl groups excluding tert-OH is 1. The van der Waals surface area contributed by atoms with Crippen molar-refractivity contribution in [3.05, 3.63) is 29.3 Å². The molecule has 0 saturated heterocycles. The smallest absolute Gasteiger partial charge is 0.0807 e. The van der Waals surface area contributed by atoms with Gasteiger partial charge in [0.05, 0.1) is 8.07 Å². The highest BCUT2D eigenvalue weighted by atomic mass is 35.5. The van der Waals surface area contributed by atoms with Crippen molar-refractivity contribution in [2.45, 2.75) is 25.6 Å². The fourth-order valence-electron chi connectivity index (χ4n) is 1.57. The fourth-order valence-corrected chi connectivity index (χ4v) is 4.09. The van der Waals surface area contributed by atoms with Crippen LogP contribution in [0, 0.1) is 0 Å². The van der Waals surface area contributed by atoms with Gasteiger partial charge in [-0.3, -0.25) is 0 Å². The first-order valence-electron chi connectivity index (χ1n) is 4.93. The zero-order valence-corrected chi connectivity index (χ0v) is 10.5. The first-order valence-corrected chi connectivity index (χ1v) is 8.52. The van der Waals surface area contributed by atoms with Crippen molar-refractivity contribution in [2.24, 2.45) is 0 Å². The lowest BCUT2D eigenvalue weighted by molar-refractivity contribution is 0.294. The molecule has 78 valence electrons. The first kappa shape index (κ1) is 11.8. The van der Waals surface area contributed by atoms with Gasteiger partial charge in [0.25, 0.3) is 0 Å². The molecule has 1 N–H and O–H groups in total. The van der Waals surface area contributed by atoms with Crippen LogP contribution in [-0.4, -0.2) is 19.8 Å². The summed E-state index contributed by atoms with van der Waals surface area (Å²) in [4.78, 5) is 0. The minimum absolute atomic E-state index is 0.296. The van der Waals surface area contributed by atoms with E-state index < -0.39 is 8.07 Å². The molecule has 0 aliphatic carbocycles. The predicted molar refractivity (Wildman–Crippen MR) is 65.1 cm³/mol. The van der Waals surface area contributed by atoms with Crippen LogP contribution in [0.4, 0.5) is 0 Å². The second-order valence-electron chi connectivity index (χ2n) is 4.22. The summed E-state index contributed by atoms with van der Waals surface area (Å²) in [7, 11) is -1.34. The van der Waals surface area contributed by atoms with Crippen molar-refractivity contribution in [1.82, 2.24) is 0 Å². The van der Waals surface area contributed by atoms with Gasteiger partial charge in [0.1, 0.15) is 0 Å². The molecule has 0 fully saturated rings. The predicted octanol–water partition coefficient (Wildman–Crippen LogP) is 2.64. The molecule has 0 aromatic heterocycles. The van der Waals surface area contributed by atoms with Crippen molar-refractivity contribution >= 4 is 24.9 Å². The van der Waals surface area contributed by atoms with Gasteiger partial charge in [-0.05, 0) is 18.6 Å². The SMILES string of the molecule is C[Si](C)(CCCO)c1ccc(Cl)cc1. The van der Waals surface area contributed by atoms with Crippen molar-refractivity contribution in [3.63, 3.8) is 0 Å². The third-order valence-electron chi connectivity index (χ3n) is 2.59. The molecule has 0 saturated carbocycles. The molecule has 0 aliphatic heterocycles. The van der Waals surface area contributed by atoms with E-state index in [9.17, 15) is 0 Å². The molecule has 0 spiro atoms. The Balaban J connectivity index is 2.75. The van der Waals surface area contributed by atoms with Crippen molar-refractivity contribution in [3.8, 4) is 0 Å². The molecule has 0 heterocycles. The van der Waals surface area contributed by atoms with Crippen molar-refractivity contribution < 1.29 is 5.11 Å². The zero-order valence-electron chi connectivity index (χ0n) is 8.76. The lowest BCUT2D eigenvalue weighted by atomic mass is 10.4.